The van der Waals surface area contributed by atoms with Gasteiger partial charge in [0.05, 0.1) is 7.11 Å². The largest absolute Gasteiger partial charge is 0.481 e. The first-order chi connectivity index (χ1) is 9.10. The van der Waals surface area contributed by atoms with E-state index in [1.165, 1.54) is 31.5 Å². The second kappa shape index (κ2) is 5.58. The third kappa shape index (κ3) is 3.14. The Morgan fingerprint density at radius 3 is 2.79 bits per heavy atom. The van der Waals surface area contributed by atoms with Crippen LogP contribution < -0.4 is 9.47 Å². The minimum absolute atomic E-state index is 0.0279. The highest BCUT2D eigenvalue weighted by Gasteiger charge is 2.13. The summed E-state index contributed by atoms with van der Waals surface area (Å²) in [4.78, 5) is 15.0. The Labute approximate surface area is 114 Å². The number of carboxylic acids is 1. The number of nitrogens with zero attached hydrogens (tertiary/aromatic N) is 1. The number of pyridine rings is 1. The Morgan fingerprint density at radius 1 is 1.32 bits per heavy atom. The first kappa shape index (κ1) is 13.2. The van der Waals surface area contributed by atoms with E-state index in [2.05, 4.69) is 4.98 Å². The van der Waals surface area contributed by atoms with Crippen molar-refractivity contribution in [3.63, 3.8) is 0 Å². The summed E-state index contributed by atoms with van der Waals surface area (Å²) in [7, 11) is 1.48. The van der Waals surface area contributed by atoms with Gasteiger partial charge in [-0.3, -0.25) is 0 Å². The highest BCUT2D eigenvalue weighted by atomic mass is 35.5. The number of halogens is 1. The third-order valence-corrected chi connectivity index (χ3v) is 2.55. The van der Waals surface area contributed by atoms with Crippen LogP contribution in [0.5, 0.6) is 17.4 Å². The van der Waals surface area contributed by atoms with Gasteiger partial charge in [-0.25, -0.2) is 9.78 Å². The first-order valence-electron chi connectivity index (χ1n) is 5.31. The number of methoxy groups -OCH3 is 1. The fraction of sp³-hybridized carbons (Fsp3) is 0.0769. The molecule has 0 saturated heterocycles. The Bertz CT molecular complexity index is 615. The molecule has 6 heteroatoms. The van der Waals surface area contributed by atoms with Crippen molar-refractivity contribution in [3.05, 3.63) is 47.1 Å². The van der Waals surface area contributed by atoms with E-state index in [9.17, 15) is 4.79 Å². The number of hydrogen-bond donors (Lipinski definition) is 1. The van der Waals surface area contributed by atoms with Crippen molar-refractivity contribution < 1.29 is 19.4 Å². The lowest BCUT2D eigenvalue weighted by atomic mass is 10.2. The third-order valence-electron chi connectivity index (χ3n) is 2.32. The molecule has 0 aliphatic carbocycles. The van der Waals surface area contributed by atoms with Crippen molar-refractivity contribution in [1.29, 1.82) is 0 Å². The van der Waals surface area contributed by atoms with Crippen LogP contribution in [0.15, 0.2) is 36.5 Å². The molecule has 0 amide bonds. The monoisotopic (exact) mass is 279 g/mol. The van der Waals surface area contributed by atoms with Crippen molar-refractivity contribution in [2.75, 3.05) is 7.11 Å². The average molecular weight is 280 g/mol. The van der Waals surface area contributed by atoms with Crippen LogP contribution in [0.3, 0.4) is 0 Å². The second-order valence-electron chi connectivity index (χ2n) is 3.58. The molecule has 2 aromatic rings. The Morgan fingerprint density at radius 2 is 2.11 bits per heavy atom. The molecule has 19 heavy (non-hydrogen) atoms. The topological polar surface area (TPSA) is 68.7 Å². The number of hydrogen-bond acceptors (Lipinski definition) is 4. The van der Waals surface area contributed by atoms with Gasteiger partial charge in [-0.15, -0.1) is 0 Å². The normalized spacial score (nSPS) is 10.0. The smallest absolute Gasteiger partial charge is 0.339 e. The lowest BCUT2D eigenvalue weighted by molar-refractivity contribution is 0.0694. The molecule has 0 saturated carbocycles. The summed E-state index contributed by atoms with van der Waals surface area (Å²) in [5.41, 5.74) is 0.0279. The van der Waals surface area contributed by atoms with Crippen LogP contribution >= 0.6 is 11.6 Å². The van der Waals surface area contributed by atoms with Crippen molar-refractivity contribution in [1.82, 2.24) is 4.98 Å². The summed E-state index contributed by atoms with van der Waals surface area (Å²) in [6.45, 7) is 0. The molecule has 0 radical (unpaired) electrons. The van der Waals surface area contributed by atoms with Gasteiger partial charge in [-0.2, -0.15) is 0 Å². The van der Waals surface area contributed by atoms with E-state index in [0.717, 1.165) is 0 Å². The Balaban J connectivity index is 2.36. The SMILES string of the molecule is COc1cc(Oc2cc(Cl)ccc2C(=O)O)ccn1. The highest BCUT2D eigenvalue weighted by Crippen LogP contribution is 2.29. The van der Waals surface area contributed by atoms with Gasteiger partial charge in [0.25, 0.3) is 0 Å². The number of ether oxygens (including phenoxy) is 2. The molecule has 0 spiro atoms. The zero-order chi connectivity index (χ0) is 13.8. The van der Waals surface area contributed by atoms with Crippen LogP contribution in [-0.4, -0.2) is 23.2 Å². The summed E-state index contributed by atoms with van der Waals surface area (Å²) in [6, 6.07) is 7.46. The number of benzene rings is 1. The number of aromatic nitrogens is 1. The number of rotatable bonds is 4. The molecular formula is C13H10ClNO4. The van der Waals surface area contributed by atoms with Crippen LogP contribution in [0.1, 0.15) is 10.4 Å². The van der Waals surface area contributed by atoms with Crippen molar-refractivity contribution in [2.24, 2.45) is 0 Å². The van der Waals surface area contributed by atoms with Crippen molar-refractivity contribution >= 4 is 17.6 Å². The van der Waals surface area contributed by atoms with E-state index < -0.39 is 5.97 Å². The number of aromatic carboxylic acids is 1. The van der Waals surface area contributed by atoms with Gasteiger partial charge in [0.2, 0.25) is 5.88 Å². The molecule has 0 bridgehead atoms. The van der Waals surface area contributed by atoms with E-state index in [0.29, 0.717) is 16.7 Å². The van der Waals surface area contributed by atoms with Gasteiger partial charge < -0.3 is 14.6 Å². The van der Waals surface area contributed by atoms with Gasteiger partial charge in [-0.05, 0) is 18.2 Å². The molecule has 1 aromatic carbocycles. The maximum absolute atomic E-state index is 11.1. The molecule has 1 heterocycles. The van der Waals surface area contributed by atoms with E-state index in [-0.39, 0.29) is 11.3 Å². The van der Waals surface area contributed by atoms with E-state index in [4.69, 9.17) is 26.2 Å². The van der Waals surface area contributed by atoms with Crippen LogP contribution in [0, 0.1) is 0 Å². The maximum Gasteiger partial charge on any atom is 0.339 e. The minimum atomic E-state index is -1.09. The fourth-order valence-electron chi connectivity index (χ4n) is 1.45. The summed E-state index contributed by atoms with van der Waals surface area (Å²) in [5, 5.41) is 9.47. The van der Waals surface area contributed by atoms with Gasteiger partial charge in [0.1, 0.15) is 17.1 Å². The van der Waals surface area contributed by atoms with Crippen LogP contribution in [0.4, 0.5) is 0 Å². The quantitative estimate of drug-likeness (QED) is 0.930. The zero-order valence-electron chi connectivity index (χ0n) is 9.96. The average Bonchev–Trinajstić information content (AvgIpc) is 2.38. The Kier molecular flexibility index (Phi) is 3.87. The summed E-state index contributed by atoms with van der Waals surface area (Å²) in [5.74, 6) is -0.144. The van der Waals surface area contributed by atoms with Crippen LogP contribution in [-0.2, 0) is 0 Å². The minimum Gasteiger partial charge on any atom is -0.481 e. The van der Waals surface area contributed by atoms with Crippen LogP contribution in [0.25, 0.3) is 0 Å². The second-order valence-corrected chi connectivity index (χ2v) is 4.02. The van der Waals surface area contributed by atoms with Gasteiger partial charge in [0, 0.05) is 23.4 Å². The predicted octanol–water partition coefficient (Wildman–Crippen LogP) is 3.23. The standard InChI is InChI=1S/C13H10ClNO4/c1-18-12-7-9(4-5-15-12)19-11-6-8(14)2-3-10(11)13(16)17/h2-7H,1H3,(H,16,17). The Hall–Kier alpha value is -2.27. The molecule has 0 aliphatic rings. The molecule has 1 aromatic heterocycles. The number of carbonyl (C=O) groups is 1. The molecule has 0 unspecified atom stereocenters. The van der Waals surface area contributed by atoms with E-state index >= 15 is 0 Å². The summed E-state index contributed by atoms with van der Waals surface area (Å²) >= 11 is 5.84. The van der Waals surface area contributed by atoms with Crippen molar-refractivity contribution in [2.45, 2.75) is 0 Å². The first-order valence-corrected chi connectivity index (χ1v) is 5.68. The van der Waals surface area contributed by atoms with E-state index in [1.807, 2.05) is 0 Å². The molecule has 98 valence electrons. The van der Waals surface area contributed by atoms with E-state index in [1.54, 1.807) is 12.1 Å². The summed E-state index contributed by atoms with van der Waals surface area (Å²) in [6.07, 6.45) is 1.50. The highest BCUT2D eigenvalue weighted by molar-refractivity contribution is 6.30. The van der Waals surface area contributed by atoms with Crippen LogP contribution in [0.2, 0.25) is 5.02 Å². The molecule has 2 rings (SSSR count). The lowest BCUT2D eigenvalue weighted by Gasteiger charge is -2.09. The summed E-state index contributed by atoms with van der Waals surface area (Å²) < 4.78 is 10.5. The zero-order valence-corrected chi connectivity index (χ0v) is 10.7. The van der Waals surface area contributed by atoms with Gasteiger partial charge in [-0.1, -0.05) is 11.6 Å². The van der Waals surface area contributed by atoms with Gasteiger partial charge in [0.15, 0.2) is 0 Å². The molecule has 5 nitrogen and oxygen atoms in total. The fourth-order valence-corrected chi connectivity index (χ4v) is 1.61. The maximum atomic E-state index is 11.1. The molecule has 1 N–H and O–H groups in total. The van der Waals surface area contributed by atoms with Crippen molar-refractivity contribution in [3.8, 4) is 17.4 Å². The number of carboxylic acid groups (broad SMARTS) is 1. The van der Waals surface area contributed by atoms with Gasteiger partial charge >= 0.3 is 5.97 Å². The molecule has 0 atom stereocenters. The molecular weight excluding hydrogens is 270 g/mol. The predicted molar refractivity (Wildman–Crippen MR) is 69.3 cm³/mol. The lowest BCUT2D eigenvalue weighted by Crippen LogP contribution is -2.00. The molecule has 0 fully saturated rings. The molecule has 0 aliphatic heterocycles.